The van der Waals surface area contributed by atoms with E-state index in [9.17, 15) is 4.79 Å². The number of aromatic nitrogens is 2. The highest BCUT2D eigenvalue weighted by molar-refractivity contribution is 6.00. The van der Waals surface area contributed by atoms with Gasteiger partial charge in [0, 0.05) is 18.2 Å². The molecule has 0 amide bonds. The number of ketones is 1. The number of hydrogen-bond acceptors (Lipinski definition) is 3. The monoisotopic (exact) mass is 146 g/mol. The van der Waals surface area contributed by atoms with Crippen LogP contribution in [0.1, 0.15) is 22.5 Å². The molecule has 0 bridgehead atoms. The number of nitrogens with zero attached hydrogens (tertiary/aromatic N) is 2. The highest BCUT2D eigenvalue weighted by atomic mass is 16.1. The molecule has 0 spiro atoms. The van der Waals surface area contributed by atoms with Crippen molar-refractivity contribution >= 4 is 11.9 Å². The first-order valence-electron chi connectivity index (χ1n) is 3.37. The number of Topliss-reactive ketones (excluding diaryl/α,β-unsaturated/α-hetero) is 1. The molecular weight excluding hydrogens is 140 g/mol. The summed E-state index contributed by atoms with van der Waals surface area (Å²) in [6.45, 7) is 0. The number of carbonyl (C=O) groups excluding carboxylic acids is 1. The van der Waals surface area contributed by atoms with Crippen LogP contribution in [0.5, 0.6) is 0 Å². The van der Waals surface area contributed by atoms with Gasteiger partial charge in [-0.15, -0.1) is 0 Å². The van der Waals surface area contributed by atoms with E-state index in [-0.39, 0.29) is 5.78 Å². The summed E-state index contributed by atoms with van der Waals surface area (Å²) in [5, 5.41) is 0. The Bertz CT molecular complexity index is 331. The van der Waals surface area contributed by atoms with E-state index in [2.05, 4.69) is 9.97 Å². The number of rotatable bonds is 0. The fourth-order valence-corrected chi connectivity index (χ4v) is 1.08. The topological polar surface area (TPSA) is 42.9 Å². The van der Waals surface area contributed by atoms with E-state index in [1.807, 2.05) is 12.2 Å². The summed E-state index contributed by atoms with van der Waals surface area (Å²) in [6.07, 6.45) is 7.21. The molecule has 1 aromatic heterocycles. The van der Waals surface area contributed by atoms with E-state index in [1.165, 1.54) is 6.33 Å². The molecule has 0 fully saturated rings. The average Bonchev–Trinajstić information content (AvgIpc) is 2.06. The summed E-state index contributed by atoms with van der Waals surface area (Å²) in [5.74, 6) is 0.0740. The van der Waals surface area contributed by atoms with Crippen LogP contribution >= 0.6 is 0 Å². The normalized spacial score (nSPS) is 14.7. The lowest BCUT2D eigenvalue weighted by atomic mass is 10.0. The maximum Gasteiger partial charge on any atom is 0.185 e. The molecule has 0 aromatic carbocycles. The standard InChI is InChI=1S/C8H6N2O/c11-7-3-1-2-6-4-9-5-10-8(6)7/h1-2,4-5H,3H2. The van der Waals surface area contributed by atoms with Crippen molar-refractivity contribution in [2.45, 2.75) is 6.42 Å². The molecule has 1 aliphatic carbocycles. The van der Waals surface area contributed by atoms with Crippen molar-refractivity contribution in [2.24, 2.45) is 0 Å². The first-order chi connectivity index (χ1) is 5.38. The Balaban J connectivity index is 2.63. The van der Waals surface area contributed by atoms with Gasteiger partial charge in [-0.05, 0) is 0 Å². The first kappa shape index (κ1) is 6.22. The Hall–Kier alpha value is -1.51. The Labute approximate surface area is 63.8 Å². The third-order valence-electron chi connectivity index (χ3n) is 1.61. The molecule has 0 saturated carbocycles. The van der Waals surface area contributed by atoms with E-state index in [1.54, 1.807) is 6.20 Å². The first-order valence-corrected chi connectivity index (χ1v) is 3.37. The predicted octanol–water partition coefficient (Wildman–Crippen LogP) is 1.08. The smallest absolute Gasteiger partial charge is 0.185 e. The van der Waals surface area contributed by atoms with Gasteiger partial charge in [0.1, 0.15) is 12.0 Å². The fraction of sp³-hybridized carbons (Fsp3) is 0.125. The largest absolute Gasteiger partial charge is 0.292 e. The van der Waals surface area contributed by atoms with E-state index in [0.717, 1.165) is 5.56 Å². The minimum absolute atomic E-state index is 0.0740. The van der Waals surface area contributed by atoms with Gasteiger partial charge in [-0.1, -0.05) is 12.2 Å². The maximum atomic E-state index is 11.1. The second-order valence-electron chi connectivity index (χ2n) is 2.36. The summed E-state index contributed by atoms with van der Waals surface area (Å²) in [7, 11) is 0. The molecule has 1 aromatic rings. The number of allylic oxidation sites excluding steroid dienone is 1. The summed E-state index contributed by atoms with van der Waals surface area (Å²) < 4.78 is 0. The third kappa shape index (κ3) is 0.941. The Morgan fingerprint density at radius 2 is 2.36 bits per heavy atom. The summed E-state index contributed by atoms with van der Waals surface area (Å²) in [4.78, 5) is 18.9. The van der Waals surface area contributed by atoms with Crippen LogP contribution in [-0.2, 0) is 0 Å². The van der Waals surface area contributed by atoms with E-state index >= 15 is 0 Å². The van der Waals surface area contributed by atoms with Crippen LogP contribution in [0.15, 0.2) is 18.6 Å². The van der Waals surface area contributed by atoms with Gasteiger partial charge < -0.3 is 0 Å². The number of fused-ring (bicyclic) bond motifs is 1. The van der Waals surface area contributed by atoms with E-state index in [4.69, 9.17) is 0 Å². The molecule has 11 heavy (non-hydrogen) atoms. The van der Waals surface area contributed by atoms with Gasteiger partial charge in [0.15, 0.2) is 5.78 Å². The van der Waals surface area contributed by atoms with Gasteiger partial charge >= 0.3 is 0 Å². The molecule has 0 atom stereocenters. The second-order valence-corrected chi connectivity index (χ2v) is 2.36. The quantitative estimate of drug-likeness (QED) is 0.550. The molecule has 0 unspecified atom stereocenters. The molecule has 0 radical (unpaired) electrons. The molecule has 1 aliphatic rings. The SMILES string of the molecule is O=C1CC=Cc2cncnc21. The molecule has 3 nitrogen and oxygen atoms in total. The predicted molar refractivity (Wildman–Crippen MR) is 40.0 cm³/mol. The van der Waals surface area contributed by atoms with Gasteiger partial charge in [-0.25, -0.2) is 9.97 Å². The van der Waals surface area contributed by atoms with Crippen LogP contribution in [0, 0.1) is 0 Å². The van der Waals surface area contributed by atoms with Gasteiger partial charge in [-0.2, -0.15) is 0 Å². The zero-order valence-corrected chi connectivity index (χ0v) is 5.82. The van der Waals surface area contributed by atoms with E-state index < -0.39 is 0 Å². The Morgan fingerprint density at radius 3 is 3.18 bits per heavy atom. The van der Waals surface area contributed by atoms with Crippen LogP contribution < -0.4 is 0 Å². The third-order valence-corrected chi connectivity index (χ3v) is 1.61. The summed E-state index contributed by atoms with van der Waals surface area (Å²) in [5.41, 5.74) is 1.37. The van der Waals surface area contributed by atoms with Crippen LogP contribution in [0.2, 0.25) is 0 Å². The number of hydrogen-bond donors (Lipinski definition) is 0. The van der Waals surface area contributed by atoms with Crippen molar-refractivity contribution < 1.29 is 4.79 Å². The molecule has 54 valence electrons. The highest BCUT2D eigenvalue weighted by Gasteiger charge is 2.13. The maximum absolute atomic E-state index is 11.1. The molecule has 3 heteroatoms. The van der Waals surface area contributed by atoms with Gasteiger partial charge in [0.25, 0.3) is 0 Å². The molecule has 1 heterocycles. The zero-order chi connectivity index (χ0) is 7.68. The summed E-state index contributed by atoms with van der Waals surface area (Å²) in [6, 6.07) is 0. The fourth-order valence-electron chi connectivity index (χ4n) is 1.08. The molecule has 0 aliphatic heterocycles. The molecular formula is C8H6N2O. The minimum atomic E-state index is 0.0740. The van der Waals surface area contributed by atoms with Gasteiger partial charge in [0.05, 0.1) is 0 Å². The van der Waals surface area contributed by atoms with Crippen molar-refractivity contribution in [3.05, 3.63) is 29.9 Å². The van der Waals surface area contributed by atoms with Crippen molar-refractivity contribution in [3.8, 4) is 0 Å². The minimum Gasteiger partial charge on any atom is -0.292 e. The number of carbonyl (C=O) groups is 1. The van der Waals surface area contributed by atoms with Gasteiger partial charge in [0.2, 0.25) is 0 Å². The van der Waals surface area contributed by atoms with Crippen molar-refractivity contribution in [3.63, 3.8) is 0 Å². The van der Waals surface area contributed by atoms with Gasteiger partial charge in [-0.3, -0.25) is 4.79 Å². The summed E-state index contributed by atoms with van der Waals surface area (Å²) >= 11 is 0. The lowest BCUT2D eigenvalue weighted by molar-refractivity contribution is 0.0989. The van der Waals surface area contributed by atoms with Crippen LogP contribution in [0.3, 0.4) is 0 Å². The Morgan fingerprint density at radius 1 is 1.45 bits per heavy atom. The second kappa shape index (κ2) is 2.27. The highest BCUT2D eigenvalue weighted by Crippen LogP contribution is 2.14. The molecule has 2 rings (SSSR count). The van der Waals surface area contributed by atoms with Crippen molar-refractivity contribution in [1.82, 2.24) is 9.97 Å². The Kier molecular flexibility index (Phi) is 1.28. The van der Waals surface area contributed by atoms with Crippen molar-refractivity contribution in [2.75, 3.05) is 0 Å². The van der Waals surface area contributed by atoms with Crippen LogP contribution in [0.25, 0.3) is 6.08 Å². The lowest BCUT2D eigenvalue weighted by Gasteiger charge is -2.04. The van der Waals surface area contributed by atoms with Crippen molar-refractivity contribution in [1.29, 1.82) is 0 Å². The van der Waals surface area contributed by atoms with Crippen LogP contribution in [-0.4, -0.2) is 15.8 Å². The molecule has 0 N–H and O–H groups in total. The zero-order valence-electron chi connectivity index (χ0n) is 5.82. The van der Waals surface area contributed by atoms with E-state index in [0.29, 0.717) is 12.1 Å². The van der Waals surface area contributed by atoms with Crippen LogP contribution in [0.4, 0.5) is 0 Å². The molecule has 0 saturated heterocycles. The average molecular weight is 146 g/mol. The lowest BCUT2D eigenvalue weighted by Crippen LogP contribution is -2.07.